The maximum Gasteiger partial charge on any atom is 0.346 e. The minimum atomic E-state index is -3.01. The Morgan fingerprint density at radius 3 is 2.14 bits per heavy atom. The third-order valence-corrected chi connectivity index (χ3v) is 7.62. The van der Waals surface area contributed by atoms with E-state index in [0.717, 1.165) is 26.2 Å². The summed E-state index contributed by atoms with van der Waals surface area (Å²) >= 11 is 0. The monoisotopic (exact) mass is 419 g/mol. The van der Waals surface area contributed by atoms with Crippen molar-refractivity contribution >= 4 is 13.4 Å². The van der Waals surface area contributed by atoms with Gasteiger partial charge in [-0.15, -0.1) is 0 Å². The molecule has 0 amide bonds. The van der Waals surface area contributed by atoms with Crippen LogP contribution in [0.1, 0.15) is 18.6 Å². The van der Waals surface area contributed by atoms with Crippen molar-refractivity contribution in [1.29, 1.82) is 0 Å². The number of hydrogen-bond donors (Lipinski definition) is 0. The van der Waals surface area contributed by atoms with Gasteiger partial charge < -0.3 is 9.47 Å². The Bertz CT molecular complexity index is 943. The first kappa shape index (κ1) is 19.8. The predicted molar refractivity (Wildman–Crippen MR) is 106 cm³/mol. The topological polar surface area (TPSA) is 93.9 Å². The Balaban J connectivity index is 1.58. The molecule has 0 bridgehead atoms. The lowest BCUT2D eigenvalue weighted by Gasteiger charge is -2.24. The van der Waals surface area contributed by atoms with Gasteiger partial charge in [0.1, 0.15) is 11.5 Å². The summed E-state index contributed by atoms with van der Waals surface area (Å²) in [7, 11) is -1.45. The van der Waals surface area contributed by atoms with Gasteiger partial charge in [0.2, 0.25) is 5.75 Å². The number of methoxy groups -OCH3 is 1. The molecule has 2 saturated heterocycles. The van der Waals surface area contributed by atoms with Crippen LogP contribution in [0, 0.1) is 10.1 Å². The zero-order chi connectivity index (χ0) is 20.6. The molecule has 0 aliphatic carbocycles. The first-order valence-electron chi connectivity index (χ1n) is 9.30. The standard InChI is InChI=1S/C19H22N3O6P/c1-14(28-29(25,20-9-10-20)21-11-12-21)15-3-8-18(22(23)24)19(13-15)27-17-6-4-16(26-2)5-7-17/h3-8,13-14H,9-12H2,1-2H3. The summed E-state index contributed by atoms with van der Waals surface area (Å²) in [6, 6.07) is 11.3. The first-order chi connectivity index (χ1) is 13.9. The second-order valence-corrected chi connectivity index (χ2v) is 9.23. The van der Waals surface area contributed by atoms with E-state index in [1.807, 2.05) is 9.34 Å². The zero-order valence-electron chi connectivity index (χ0n) is 16.2. The van der Waals surface area contributed by atoms with Crippen LogP contribution in [0.25, 0.3) is 0 Å². The van der Waals surface area contributed by atoms with Crippen molar-refractivity contribution in [3.05, 3.63) is 58.1 Å². The van der Waals surface area contributed by atoms with Crippen molar-refractivity contribution in [2.45, 2.75) is 13.0 Å². The largest absolute Gasteiger partial charge is 0.497 e. The molecule has 4 rings (SSSR count). The predicted octanol–water partition coefficient (Wildman–Crippen LogP) is 4.21. The van der Waals surface area contributed by atoms with Crippen LogP contribution < -0.4 is 9.47 Å². The van der Waals surface area contributed by atoms with Gasteiger partial charge in [0.05, 0.1) is 18.1 Å². The van der Waals surface area contributed by atoms with E-state index in [2.05, 4.69) is 0 Å². The summed E-state index contributed by atoms with van der Waals surface area (Å²) in [5.74, 6) is 1.20. The molecule has 29 heavy (non-hydrogen) atoms. The lowest BCUT2D eigenvalue weighted by molar-refractivity contribution is -0.385. The number of ether oxygens (including phenoxy) is 2. The number of nitro benzene ring substituents is 1. The van der Waals surface area contributed by atoms with Crippen LogP contribution in [0.15, 0.2) is 42.5 Å². The van der Waals surface area contributed by atoms with Crippen molar-refractivity contribution in [2.24, 2.45) is 0 Å². The molecule has 2 fully saturated rings. The summed E-state index contributed by atoms with van der Waals surface area (Å²) in [4.78, 5) is 10.9. The molecule has 0 aromatic heterocycles. The van der Waals surface area contributed by atoms with Crippen molar-refractivity contribution in [1.82, 2.24) is 9.34 Å². The molecule has 2 aliphatic heterocycles. The maximum absolute atomic E-state index is 13.2. The van der Waals surface area contributed by atoms with E-state index in [4.69, 9.17) is 14.0 Å². The molecule has 1 atom stereocenters. The Kier molecular flexibility index (Phi) is 5.31. The molecule has 0 radical (unpaired) electrons. The first-order valence-corrected chi connectivity index (χ1v) is 10.8. The molecule has 2 aromatic carbocycles. The van der Waals surface area contributed by atoms with Gasteiger partial charge in [0.15, 0.2) is 0 Å². The van der Waals surface area contributed by atoms with Crippen LogP contribution in [-0.2, 0) is 9.09 Å². The lowest BCUT2D eigenvalue weighted by Crippen LogP contribution is -2.10. The molecule has 2 heterocycles. The Morgan fingerprint density at radius 2 is 1.62 bits per heavy atom. The number of benzene rings is 2. The van der Waals surface area contributed by atoms with Crippen LogP contribution in [0.3, 0.4) is 0 Å². The molecule has 2 aliphatic rings. The molecule has 154 valence electrons. The van der Waals surface area contributed by atoms with E-state index >= 15 is 0 Å². The van der Waals surface area contributed by atoms with Gasteiger partial charge in [0, 0.05) is 32.2 Å². The Morgan fingerprint density at radius 1 is 1.03 bits per heavy atom. The highest BCUT2D eigenvalue weighted by molar-refractivity contribution is 7.54. The van der Waals surface area contributed by atoms with E-state index in [1.54, 1.807) is 50.4 Å². The highest BCUT2D eigenvalue weighted by atomic mass is 31.2. The highest BCUT2D eigenvalue weighted by Crippen LogP contribution is 2.63. The van der Waals surface area contributed by atoms with Crippen molar-refractivity contribution in [3.8, 4) is 17.2 Å². The van der Waals surface area contributed by atoms with Gasteiger partial charge in [-0.25, -0.2) is 9.34 Å². The number of nitro groups is 1. The van der Waals surface area contributed by atoms with Crippen molar-refractivity contribution in [2.75, 3.05) is 33.3 Å². The summed E-state index contributed by atoms with van der Waals surface area (Å²) < 4.78 is 33.7. The lowest BCUT2D eigenvalue weighted by atomic mass is 10.1. The van der Waals surface area contributed by atoms with E-state index in [9.17, 15) is 14.7 Å². The third-order valence-electron chi connectivity index (χ3n) is 4.79. The average molecular weight is 419 g/mol. The van der Waals surface area contributed by atoms with E-state index in [-0.39, 0.29) is 11.4 Å². The summed E-state index contributed by atoms with van der Waals surface area (Å²) in [6.45, 7) is 4.82. The second kappa shape index (κ2) is 7.76. The van der Waals surface area contributed by atoms with E-state index in [1.165, 1.54) is 6.07 Å². The summed E-state index contributed by atoms with van der Waals surface area (Å²) in [5, 5.41) is 11.4. The number of rotatable bonds is 9. The summed E-state index contributed by atoms with van der Waals surface area (Å²) in [5.41, 5.74) is 0.500. The molecule has 10 heteroatoms. The van der Waals surface area contributed by atoms with Crippen LogP contribution in [0.5, 0.6) is 17.2 Å². The van der Waals surface area contributed by atoms with Gasteiger partial charge >= 0.3 is 13.4 Å². The zero-order valence-corrected chi connectivity index (χ0v) is 17.1. The number of nitrogens with zero attached hydrogens (tertiary/aromatic N) is 3. The second-order valence-electron chi connectivity index (χ2n) is 6.91. The van der Waals surface area contributed by atoms with Crippen LogP contribution in [0.4, 0.5) is 5.69 Å². The van der Waals surface area contributed by atoms with Gasteiger partial charge in [-0.05, 0) is 48.9 Å². The van der Waals surface area contributed by atoms with E-state index < -0.39 is 18.7 Å². The molecule has 9 nitrogen and oxygen atoms in total. The fraction of sp³-hybridized carbons (Fsp3) is 0.368. The van der Waals surface area contributed by atoms with Gasteiger partial charge in [-0.1, -0.05) is 0 Å². The van der Waals surface area contributed by atoms with Gasteiger partial charge in [-0.2, -0.15) is 0 Å². The molecule has 0 spiro atoms. The Labute approximate surface area is 168 Å². The smallest absolute Gasteiger partial charge is 0.346 e. The molecular weight excluding hydrogens is 397 g/mol. The van der Waals surface area contributed by atoms with Crippen LogP contribution >= 0.6 is 7.67 Å². The molecule has 2 aromatic rings. The van der Waals surface area contributed by atoms with E-state index in [0.29, 0.717) is 17.1 Å². The molecule has 1 unspecified atom stereocenters. The minimum Gasteiger partial charge on any atom is -0.497 e. The third kappa shape index (κ3) is 4.28. The van der Waals surface area contributed by atoms with Gasteiger partial charge in [0.25, 0.3) is 0 Å². The van der Waals surface area contributed by atoms with Crippen molar-refractivity contribution in [3.63, 3.8) is 0 Å². The fourth-order valence-electron chi connectivity index (χ4n) is 2.96. The SMILES string of the molecule is COc1ccc(Oc2cc(C(C)OP(=O)(N3CC3)N3CC3)ccc2[N+](=O)[O-])cc1. The van der Waals surface area contributed by atoms with Crippen LogP contribution in [-0.4, -0.2) is 47.6 Å². The van der Waals surface area contributed by atoms with Crippen molar-refractivity contribution < 1.29 is 23.5 Å². The highest BCUT2D eigenvalue weighted by Gasteiger charge is 2.50. The molecular formula is C19H22N3O6P. The number of hydrogen-bond acceptors (Lipinski definition) is 6. The minimum absolute atomic E-state index is 0.0985. The van der Waals surface area contributed by atoms with Gasteiger partial charge in [-0.3, -0.25) is 19.2 Å². The maximum atomic E-state index is 13.2. The van der Waals surface area contributed by atoms with Crippen LogP contribution in [0.2, 0.25) is 0 Å². The average Bonchev–Trinajstić information content (AvgIpc) is 3.59. The summed E-state index contributed by atoms with van der Waals surface area (Å²) in [6.07, 6.45) is -0.513. The molecule has 0 N–H and O–H groups in total. The fourth-order valence-corrected chi connectivity index (χ4v) is 5.31. The normalized spacial score (nSPS) is 17.6. The quantitative estimate of drug-likeness (QED) is 0.258. The molecule has 0 saturated carbocycles. The Hall–Kier alpha value is -2.45.